The van der Waals surface area contributed by atoms with Gasteiger partial charge in [-0.15, -0.1) is 0 Å². The minimum Gasteiger partial charge on any atom is -0.321 e. The molecule has 7 nitrogen and oxygen atoms in total. The lowest BCUT2D eigenvalue weighted by Gasteiger charge is -2.15. The summed E-state index contributed by atoms with van der Waals surface area (Å²) in [6, 6.07) is 4.65. The van der Waals surface area contributed by atoms with Crippen LogP contribution in [-0.4, -0.2) is 48.9 Å². The molecule has 0 aliphatic heterocycles. The van der Waals surface area contributed by atoms with Crippen molar-refractivity contribution in [2.45, 2.75) is 17.0 Å². The van der Waals surface area contributed by atoms with E-state index in [4.69, 9.17) is 11.6 Å². The van der Waals surface area contributed by atoms with E-state index in [2.05, 4.69) is 15.3 Å². The van der Waals surface area contributed by atoms with E-state index < -0.39 is 15.9 Å². The number of nitrogens with one attached hydrogen (secondary N) is 1. The van der Waals surface area contributed by atoms with Gasteiger partial charge in [-0.3, -0.25) is 4.79 Å². The number of nitrogens with zero attached hydrogens (tertiary/aromatic N) is 3. The predicted molar refractivity (Wildman–Crippen MR) is 98.8 cm³/mol. The molecule has 0 spiro atoms. The minimum atomic E-state index is -3.62. The van der Waals surface area contributed by atoms with Gasteiger partial charge in [0.25, 0.3) is 5.91 Å². The van der Waals surface area contributed by atoms with Crippen LogP contribution < -0.4 is 5.32 Å². The molecular weight excluding hydrogens is 384 g/mol. The van der Waals surface area contributed by atoms with Gasteiger partial charge in [-0.1, -0.05) is 29.4 Å². The summed E-state index contributed by atoms with van der Waals surface area (Å²) in [5.41, 5.74) is 0.937. The van der Waals surface area contributed by atoms with Crippen molar-refractivity contribution in [3.63, 3.8) is 0 Å². The number of halogens is 1. The van der Waals surface area contributed by atoms with Crippen LogP contribution >= 0.6 is 23.4 Å². The molecule has 0 fully saturated rings. The van der Waals surface area contributed by atoms with Gasteiger partial charge in [-0.25, -0.2) is 22.7 Å². The topological polar surface area (TPSA) is 92.3 Å². The third-order valence-corrected chi connectivity index (χ3v) is 6.12. The smallest absolute Gasteiger partial charge is 0.275 e. The number of aryl methyl sites for hydroxylation is 1. The SMILES string of the molecule is CSc1ncc(Cl)c(C(=O)Nc2ccc(C)c(S(=O)(=O)N(C)C)c2)n1. The second-order valence-electron chi connectivity index (χ2n) is 5.28. The monoisotopic (exact) mass is 400 g/mol. The Labute approximate surface area is 155 Å². The van der Waals surface area contributed by atoms with Gasteiger partial charge in [0.15, 0.2) is 10.9 Å². The fourth-order valence-electron chi connectivity index (χ4n) is 1.95. The van der Waals surface area contributed by atoms with Crippen LogP contribution in [0.1, 0.15) is 16.1 Å². The number of amides is 1. The zero-order chi connectivity index (χ0) is 18.8. The van der Waals surface area contributed by atoms with E-state index in [-0.39, 0.29) is 15.6 Å². The Bertz CT molecular complexity index is 917. The molecule has 0 radical (unpaired) electrons. The van der Waals surface area contributed by atoms with Crippen molar-refractivity contribution in [1.29, 1.82) is 0 Å². The molecule has 25 heavy (non-hydrogen) atoms. The van der Waals surface area contributed by atoms with Gasteiger partial charge in [0, 0.05) is 19.8 Å². The third kappa shape index (κ3) is 4.30. The van der Waals surface area contributed by atoms with E-state index in [0.29, 0.717) is 16.4 Å². The normalized spacial score (nSPS) is 11.6. The molecule has 1 aromatic heterocycles. The average Bonchev–Trinajstić information content (AvgIpc) is 2.56. The molecule has 0 unspecified atom stereocenters. The number of rotatable bonds is 5. The summed E-state index contributed by atoms with van der Waals surface area (Å²) in [5.74, 6) is -0.542. The molecular formula is C15H17ClN4O3S2. The van der Waals surface area contributed by atoms with Crippen LogP contribution in [0, 0.1) is 6.92 Å². The maximum Gasteiger partial charge on any atom is 0.275 e. The lowest BCUT2D eigenvalue weighted by Crippen LogP contribution is -2.23. The van der Waals surface area contributed by atoms with E-state index >= 15 is 0 Å². The largest absolute Gasteiger partial charge is 0.321 e. The van der Waals surface area contributed by atoms with Crippen molar-refractivity contribution in [3.8, 4) is 0 Å². The highest BCUT2D eigenvalue weighted by molar-refractivity contribution is 7.98. The second-order valence-corrected chi connectivity index (χ2v) is 8.58. The molecule has 2 rings (SSSR count). The first-order valence-corrected chi connectivity index (χ1v) is 10.1. The lowest BCUT2D eigenvalue weighted by molar-refractivity contribution is 0.102. The Hall–Kier alpha value is -1.68. The van der Waals surface area contributed by atoms with E-state index in [1.165, 1.54) is 38.1 Å². The Kier molecular flexibility index (Phi) is 6.04. The second kappa shape index (κ2) is 7.69. The van der Waals surface area contributed by atoms with Crippen LogP contribution in [0.5, 0.6) is 0 Å². The fourth-order valence-corrected chi connectivity index (χ4v) is 3.61. The van der Waals surface area contributed by atoms with Crippen molar-refractivity contribution in [3.05, 3.63) is 40.7 Å². The number of hydrogen-bond acceptors (Lipinski definition) is 6. The molecule has 1 amide bonds. The van der Waals surface area contributed by atoms with Gasteiger partial charge in [0.05, 0.1) is 16.1 Å². The van der Waals surface area contributed by atoms with E-state index in [1.807, 2.05) is 0 Å². The zero-order valence-electron chi connectivity index (χ0n) is 14.1. The number of carbonyl (C=O) groups excluding carboxylic acids is 1. The first kappa shape index (κ1) is 19.6. The Balaban J connectivity index is 2.37. The molecule has 134 valence electrons. The highest BCUT2D eigenvalue weighted by atomic mass is 35.5. The average molecular weight is 401 g/mol. The van der Waals surface area contributed by atoms with Gasteiger partial charge in [-0.05, 0) is 30.9 Å². The molecule has 0 bridgehead atoms. The third-order valence-electron chi connectivity index (χ3n) is 3.32. The van der Waals surface area contributed by atoms with Crippen LogP contribution in [0.15, 0.2) is 34.4 Å². The molecule has 1 N–H and O–H groups in total. The quantitative estimate of drug-likeness (QED) is 0.612. The number of benzene rings is 1. The molecule has 0 aliphatic rings. The summed E-state index contributed by atoms with van der Waals surface area (Å²) in [6.45, 7) is 1.69. The first-order chi connectivity index (χ1) is 11.7. The maximum absolute atomic E-state index is 12.4. The number of sulfonamides is 1. The Morgan fingerprint density at radius 3 is 2.60 bits per heavy atom. The van der Waals surface area contributed by atoms with Gasteiger partial charge >= 0.3 is 0 Å². The number of aromatic nitrogens is 2. The highest BCUT2D eigenvalue weighted by Gasteiger charge is 2.21. The summed E-state index contributed by atoms with van der Waals surface area (Å²) in [4.78, 5) is 20.6. The zero-order valence-corrected chi connectivity index (χ0v) is 16.5. The molecule has 2 aromatic rings. The van der Waals surface area contributed by atoms with Gasteiger partial charge in [0.1, 0.15) is 0 Å². The highest BCUT2D eigenvalue weighted by Crippen LogP contribution is 2.24. The van der Waals surface area contributed by atoms with E-state index in [0.717, 1.165) is 4.31 Å². The number of anilines is 1. The minimum absolute atomic E-state index is 0.0265. The van der Waals surface area contributed by atoms with Crippen molar-refractivity contribution >= 4 is 45.0 Å². The fraction of sp³-hybridized carbons (Fsp3) is 0.267. The van der Waals surface area contributed by atoms with Gasteiger partial charge in [0.2, 0.25) is 10.0 Å². The summed E-state index contributed by atoms with van der Waals surface area (Å²) >= 11 is 7.27. The number of hydrogen-bond donors (Lipinski definition) is 1. The molecule has 0 atom stereocenters. The standard InChI is InChI=1S/C15H17ClN4O3S2/c1-9-5-6-10(7-12(9)25(22,23)20(2)3)18-14(21)13-11(16)8-17-15(19-13)24-4/h5-8H,1-4H3,(H,18,21). The van der Waals surface area contributed by atoms with Crippen LogP contribution in [0.3, 0.4) is 0 Å². The Morgan fingerprint density at radius 2 is 2.00 bits per heavy atom. The molecule has 0 saturated heterocycles. The lowest BCUT2D eigenvalue weighted by atomic mass is 10.2. The van der Waals surface area contributed by atoms with Gasteiger partial charge < -0.3 is 5.32 Å². The van der Waals surface area contributed by atoms with E-state index in [1.54, 1.807) is 25.3 Å². The summed E-state index contributed by atoms with van der Waals surface area (Å²) in [6.07, 6.45) is 3.13. The molecule has 0 aliphatic carbocycles. The van der Waals surface area contributed by atoms with Crippen LogP contribution in [-0.2, 0) is 10.0 Å². The Morgan fingerprint density at radius 1 is 1.32 bits per heavy atom. The molecule has 10 heteroatoms. The van der Waals surface area contributed by atoms with Gasteiger partial charge in [-0.2, -0.15) is 0 Å². The first-order valence-electron chi connectivity index (χ1n) is 7.08. The summed E-state index contributed by atoms with van der Waals surface area (Å²) in [5, 5.41) is 3.15. The van der Waals surface area contributed by atoms with Crippen molar-refractivity contribution in [2.75, 3.05) is 25.7 Å². The molecule has 0 saturated carbocycles. The van der Waals surface area contributed by atoms with Crippen LogP contribution in [0.25, 0.3) is 0 Å². The number of carbonyl (C=O) groups is 1. The van der Waals surface area contributed by atoms with Crippen LogP contribution in [0.4, 0.5) is 5.69 Å². The summed E-state index contributed by atoms with van der Waals surface area (Å²) < 4.78 is 25.9. The number of thioether (sulfide) groups is 1. The van der Waals surface area contributed by atoms with Crippen molar-refractivity contribution < 1.29 is 13.2 Å². The predicted octanol–water partition coefficient (Wildman–Crippen LogP) is 2.66. The summed E-state index contributed by atoms with van der Waals surface area (Å²) in [7, 11) is -0.724. The maximum atomic E-state index is 12.4. The molecule has 1 heterocycles. The molecule has 1 aromatic carbocycles. The van der Waals surface area contributed by atoms with Crippen molar-refractivity contribution in [1.82, 2.24) is 14.3 Å². The van der Waals surface area contributed by atoms with Crippen LogP contribution in [0.2, 0.25) is 5.02 Å². The van der Waals surface area contributed by atoms with E-state index in [9.17, 15) is 13.2 Å². The van der Waals surface area contributed by atoms with Crippen molar-refractivity contribution in [2.24, 2.45) is 0 Å².